The van der Waals surface area contributed by atoms with Crippen LogP contribution < -0.4 is 16.5 Å². The number of H-pyrrole nitrogens is 1. The van der Waals surface area contributed by atoms with Crippen LogP contribution in [0.2, 0.25) is 5.02 Å². The van der Waals surface area contributed by atoms with Crippen LogP contribution in [0.1, 0.15) is 16.7 Å². The van der Waals surface area contributed by atoms with Crippen molar-refractivity contribution in [2.45, 2.75) is 19.1 Å². The smallest absolute Gasteiger partial charge is 0.324 e. The van der Waals surface area contributed by atoms with Gasteiger partial charge in [0.25, 0.3) is 0 Å². The quantitative estimate of drug-likeness (QED) is 0.394. The van der Waals surface area contributed by atoms with Crippen LogP contribution in [0.15, 0.2) is 47.4 Å². The zero-order valence-corrected chi connectivity index (χ0v) is 19.1. The van der Waals surface area contributed by atoms with Gasteiger partial charge in [-0.1, -0.05) is 17.7 Å². The van der Waals surface area contributed by atoms with Gasteiger partial charge in [-0.25, -0.2) is 14.3 Å². The lowest BCUT2D eigenvalue weighted by Crippen LogP contribution is -2.34. The molecule has 0 spiro atoms. The second-order valence-electron chi connectivity index (χ2n) is 8.33. The Morgan fingerprint density at radius 2 is 1.97 bits per heavy atom. The summed E-state index contributed by atoms with van der Waals surface area (Å²) in [6, 6.07) is 8.57. The molecule has 3 N–H and O–H groups in total. The van der Waals surface area contributed by atoms with Gasteiger partial charge in [0.1, 0.15) is 5.49 Å². The Kier molecular flexibility index (Phi) is 5.60. The first kappa shape index (κ1) is 23.1. The van der Waals surface area contributed by atoms with Gasteiger partial charge in [-0.2, -0.15) is 18.2 Å². The van der Waals surface area contributed by atoms with Crippen molar-refractivity contribution in [2.24, 2.45) is 0 Å². The minimum absolute atomic E-state index is 0.0644. The lowest BCUT2D eigenvalue weighted by Gasteiger charge is -2.25. The van der Waals surface area contributed by atoms with Crippen LogP contribution in [0.25, 0.3) is 16.7 Å². The molecule has 4 aromatic rings. The molecule has 0 unspecified atom stereocenters. The van der Waals surface area contributed by atoms with E-state index in [2.05, 4.69) is 38.3 Å². The van der Waals surface area contributed by atoms with E-state index in [1.54, 1.807) is 0 Å². The topological polar surface area (TPSA) is 103 Å². The molecule has 3 heterocycles. The summed E-state index contributed by atoms with van der Waals surface area (Å²) in [4.78, 5) is 26.1. The predicted molar refractivity (Wildman–Crippen MR) is 125 cm³/mol. The third-order valence-corrected chi connectivity index (χ3v) is 6.20. The monoisotopic (exact) mass is 501 g/mol. The number of halogens is 4. The first-order valence-electron chi connectivity index (χ1n) is 10.6. The molecular formula is C23H19ClF3N7O. The normalized spacial score (nSPS) is 14.2. The molecular weight excluding hydrogens is 483 g/mol. The summed E-state index contributed by atoms with van der Waals surface area (Å²) in [5, 5.41) is 11.6. The molecule has 0 amide bonds. The van der Waals surface area contributed by atoms with Gasteiger partial charge < -0.3 is 10.2 Å². The lowest BCUT2D eigenvalue weighted by molar-refractivity contribution is -0.137. The van der Waals surface area contributed by atoms with Crippen LogP contribution in [0.3, 0.4) is 0 Å². The van der Waals surface area contributed by atoms with E-state index in [1.807, 2.05) is 12.1 Å². The van der Waals surface area contributed by atoms with Crippen LogP contribution in [0.4, 0.5) is 24.8 Å². The molecule has 1 aliphatic rings. The predicted octanol–water partition coefficient (Wildman–Crippen LogP) is 3.99. The second-order valence-corrected chi connectivity index (χ2v) is 8.74. The molecule has 0 aliphatic carbocycles. The van der Waals surface area contributed by atoms with Gasteiger partial charge in [-0.15, -0.1) is 0 Å². The molecule has 0 saturated carbocycles. The summed E-state index contributed by atoms with van der Waals surface area (Å²) >= 11 is 6.08. The Labute approximate surface area is 201 Å². The maximum atomic E-state index is 13.2. The molecule has 2 aromatic heterocycles. The Balaban J connectivity index is 1.53. The van der Waals surface area contributed by atoms with Crippen LogP contribution in [-0.2, 0) is 19.1 Å². The fourth-order valence-corrected chi connectivity index (χ4v) is 4.29. The molecule has 0 saturated heterocycles. The van der Waals surface area contributed by atoms with Gasteiger partial charge in [0, 0.05) is 25.0 Å². The molecule has 5 rings (SSSR count). The average Bonchev–Trinajstić information content (AvgIpc) is 2.79. The molecule has 35 heavy (non-hydrogen) atoms. The van der Waals surface area contributed by atoms with Crippen molar-refractivity contribution in [2.75, 3.05) is 18.9 Å². The van der Waals surface area contributed by atoms with Crippen molar-refractivity contribution in [1.82, 2.24) is 24.4 Å². The number of hydrogen-bond donors (Lipinski definition) is 3. The molecule has 180 valence electrons. The maximum absolute atomic E-state index is 13.2. The first-order chi connectivity index (χ1) is 16.6. The number of likely N-dealkylation sites (N-methyl/N-ethyl adjacent to an activating group) is 1. The molecule has 12 heteroatoms. The van der Waals surface area contributed by atoms with E-state index >= 15 is 0 Å². The van der Waals surface area contributed by atoms with Gasteiger partial charge in [0.15, 0.2) is 5.65 Å². The van der Waals surface area contributed by atoms with Crippen molar-refractivity contribution in [1.29, 1.82) is 5.41 Å². The highest BCUT2D eigenvalue weighted by Crippen LogP contribution is 2.32. The van der Waals surface area contributed by atoms with Gasteiger partial charge >= 0.3 is 11.9 Å². The minimum atomic E-state index is -4.64. The van der Waals surface area contributed by atoms with E-state index in [9.17, 15) is 18.0 Å². The van der Waals surface area contributed by atoms with Gasteiger partial charge in [-0.05, 0) is 54.9 Å². The van der Waals surface area contributed by atoms with E-state index in [-0.39, 0.29) is 27.7 Å². The summed E-state index contributed by atoms with van der Waals surface area (Å²) in [5.41, 5.74) is 0.812. The maximum Gasteiger partial charge on any atom is 0.416 e. The molecule has 0 fully saturated rings. The number of nitrogens with zero attached hydrogens (tertiary/aromatic N) is 4. The van der Waals surface area contributed by atoms with Crippen LogP contribution in [0.5, 0.6) is 0 Å². The zero-order chi connectivity index (χ0) is 24.9. The van der Waals surface area contributed by atoms with E-state index < -0.39 is 22.9 Å². The van der Waals surface area contributed by atoms with Gasteiger partial charge in [-0.3, -0.25) is 10.4 Å². The summed E-state index contributed by atoms with van der Waals surface area (Å²) in [5.74, 6) is 0.200. The number of aromatic amines is 1. The number of anilines is 2. The highest BCUT2D eigenvalue weighted by atomic mass is 35.5. The molecule has 0 radical (unpaired) electrons. The van der Waals surface area contributed by atoms with E-state index in [1.165, 1.54) is 17.3 Å². The number of rotatable bonds is 3. The second kappa shape index (κ2) is 8.51. The average molecular weight is 502 g/mol. The van der Waals surface area contributed by atoms with Gasteiger partial charge in [0.2, 0.25) is 5.95 Å². The van der Waals surface area contributed by atoms with Crippen molar-refractivity contribution in [3.8, 4) is 5.69 Å². The van der Waals surface area contributed by atoms with E-state index in [0.29, 0.717) is 0 Å². The number of fused-ring (bicyclic) bond motifs is 2. The Morgan fingerprint density at radius 1 is 1.17 bits per heavy atom. The number of nitrogens with one attached hydrogen (secondary N) is 3. The number of aromatic nitrogens is 4. The fraction of sp³-hybridized carbons (Fsp3) is 0.217. The summed E-state index contributed by atoms with van der Waals surface area (Å²) in [7, 11) is 2.06. The number of hydrogen-bond acceptors (Lipinski definition) is 6. The number of alkyl halides is 3. The molecule has 2 aromatic carbocycles. The van der Waals surface area contributed by atoms with Gasteiger partial charge in [0.05, 0.1) is 21.7 Å². The van der Waals surface area contributed by atoms with Crippen LogP contribution in [0, 0.1) is 5.41 Å². The third kappa shape index (κ3) is 4.40. The highest BCUT2D eigenvalue weighted by Gasteiger charge is 2.31. The number of benzene rings is 2. The van der Waals surface area contributed by atoms with E-state index in [0.717, 1.165) is 48.0 Å². The molecule has 1 aliphatic heterocycles. The molecule has 0 atom stereocenters. The summed E-state index contributed by atoms with van der Waals surface area (Å²) in [6.07, 6.45) is -2.34. The first-order valence-corrected chi connectivity index (χ1v) is 11.0. The largest absolute Gasteiger partial charge is 0.416 e. The highest BCUT2D eigenvalue weighted by molar-refractivity contribution is 6.32. The van der Waals surface area contributed by atoms with Crippen molar-refractivity contribution >= 4 is 34.3 Å². The van der Waals surface area contributed by atoms with Crippen molar-refractivity contribution in [3.05, 3.63) is 80.3 Å². The van der Waals surface area contributed by atoms with Crippen LogP contribution in [-0.4, -0.2) is 38.0 Å². The summed E-state index contributed by atoms with van der Waals surface area (Å²) < 4.78 is 40.3. The molecule has 8 nitrogen and oxygen atoms in total. The Bertz CT molecular complexity index is 1580. The van der Waals surface area contributed by atoms with Crippen molar-refractivity contribution in [3.63, 3.8) is 0 Å². The summed E-state index contributed by atoms with van der Waals surface area (Å²) in [6.45, 7) is 1.83. The standard InChI is InChI=1S/C23H19ClF3N7O/c1-33-7-6-12-2-4-15(8-13(12)11-33)30-21-29-10-16-19(28)34(22(35)32-20(16)31-21)18-9-14(23(25,26)27)3-5-17(18)24/h2-5,8-10,28H,6-7,11H2,1H3,(H2,29,30,31,32,35). The third-order valence-electron chi connectivity index (χ3n) is 5.88. The minimum Gasteiger partial charge on any atom is -0.324 e. The van der Waals surface area contributed by atoms with Crippen molar-refractivity contribution < 1.29 is 13.2 Å². The Morgan fingerprint density at radius 3 is 2.74 bits per heavy atom. The lowest BCUT2D eigenvalue weighted by atomic mass is 9.99. The van der Waals surface area contributed by atoms with Crippen LogP contribution >= 0.6 is 11.6 Å². The Hall–Kier alpha value is -3.70. The zero-order valence-electron chi connectivity index (χ0n) is 18.4. The van der Waals surface area contributed by atoms with E-state index in [4.69, 9.17) is 17.0 Å². The SMILES string of the molecule is CN1CCc2ccc(Nc3ncc4c(=N)n(-c5cc(C(F)(F)F)ccc5Cl)c(=O)[nH]c4n3)cc2C1. The fourth-order valence-electron chi connectivity index (χ4n) is 4.09. The molecule has 0 bridgehead atoms.